The number of aromatic nitrogens is 3. The van der Waals surface area contributed by atoms with Gasteiger partial charge in [-0.05, 0) is 48.0 Å². The number of hydrogen-bond acceptors (Lipinski definition) is 7. The minimum absolute atomic E-state index is 0.222. The van der Waals surface area contributed by atoms with Gasteiger partial charge < -0.3 is 14.2 Å². The van der Waals surface area contributed by atoms with E-state index < -0.39 is 6.10 Å². The molecule has 0 saturated heterocycles. The van der Waals surface area contributed by atoms with Crippen molar-refractivity contribution in [3.05, 3.63) is 105 Å². The molecule has 2 aromatic heterocycles. The third-order valence-electron chi connectivity index (χ3n) is 5.13. The molecule has 1 atom stereocenters. The molecule has 8 heteroatoms. The molecule has 5 aromatic rings. The minimum Gasteiger partial charge on any atom is -0.485 e. The molecule has 0 spiro atoms. The van der Waals surface area contributed by atoms with Crippen molar-refractivity contribution in [3.63, 3.8) is 0 Å². The lowest BCUT2D eigenvalue weighted by Crippen LogP contribution is -2.26. The van der Waals surface area contributed by atoms with Crippen LogP contribution in [-0.4, -0.2) is 21.2 Å². The van der Waals surface area contributed by atoms with Gasteiger partial charge in [0, 0.05) is 0 Å². The predicted molar refractivity (Wildman–Crippen MR) is 124 cm³/mol. The number of rotatable bonds is 4. The van der Waals surface area contributed by atoms with Crippen molar-refractivity contribution in [2.24, 2.45) is 0 Å². The molecule has 6 rings (SSSR count). The molecule has 1 aliphatic heterocycles. The van der Waals surface area contributed by atoms with Crippen molar-refractivity contribution in [1.29, 1.82) is 0 Å². The Kier molecular flexibility index (Phi) is 4.77. The maximum Gasteiger partial charge on any atom is 0.291 e. The van der Waals surface area contributed by atoms with E-state index in [9.17, 15) is 4.79 Å². The van der Waals surface area contributed by atoms with Crippen LogP contribution in [0.2, 0.25) is 0 Å². The van der Waals surface area contributed by atoms with Gasteiger partial charge in [0.1, 0.15) is 18.1 Å². The van der Waals surface area contributed by atoms with E-state index in [2.05, 4.69) is 10.1 Å². The zero-order valence-corrected chi connectivity index (χ0v) is 18.1. The van der Waals surface area contributed by atoms with Gasteiger partial charge in [0.2, 0.25) is 4.96 Å². The van der Waals surface area contributed by atoms with Crippen LogP contribution in [0.15, 0.2) is 83.7 Å². The summed E-state index contributed by atoms with van der Waals surface area (Å²) in [6.45, 7) is 0.288. The Morgan fingerprint density at radius 2 is 1.76 bits per heavy atom. The topological polar surface area (TPSA) is 75.0 Å². The van der Waals surface area contributed by atoms with E-state index in [1.54, 1.807) is 0 Å². The summed E-state index contributed by atoms with van der Waals surface area (Å²) in [5.74, 6) is 3.20. The van der Waals surface area contributed by atoms with E-state index in [1.807, 2.05) is 84.9 Å². The highest BCUT2D eigenvalue weighted by Gasteiger charge is 2.27. The van der Waals surface area contributed by atoms with Crippen molar-refractivity contribution >= 4 is 22.4 Å². The molecule has 162 valence electrons. The summed E-state index contributed by atoms with van der Waals surface area (Å²) < 4.78 is 19.5. The summed E-state index contributed by atoms with van der Waals surface area (Å²) in [5, 5.41) is 4.40. The first kappa shape index (κ1) is 19.5. The van der Waals surface area contributed by atoms with Crippen LogP contribution in [0.3, 0.4) is 0 Å². The third kappa shape index (κ3) is 3.81. The van der Waals surface area contributed by atoms with Crippen molar-refractivity contribution < 1.29 is 14.2 Å². The number of fused-ring (bicyclic) bond motifs is 2. The largest absolute Gasteiger partial charge is 0.485 e. The normalized spacial score (nSPS) is 15.6. The number of para-hydroxylation sites is 3. The monoisotopic (exact) mass is 455 g/mol. The fourth-order valence-electron chi connectivity index (χ4n) is 3.58. The first-order valence-electron chi connectivity index (χ1n) is 10.4. The molecule has 33 heavy (non-hydrogen) atoms. The smallest absolute Gasteiger partial charge is 0.291 e. The highest BCUT2D eigenvalue weighted by Crippen LogP contribution is 2.35. The minimum atomic E-state index is -0.467. The number of nitrogens with zero attached hydrogens (tertiary/aromatic N) is 3. The van der Waals surface area contributed by atoms with E-state index in [-0.39, 0.29) is 12.2 Å². The van der Waals surface area contributed by atoms with Gasteiger partial charge in [-0.25, -0.2) is 0 Å². The molecule has 0 fully saturated rings. The zero-order valence-electron chi connectivity index (χ0n) is 17.3. The third-order valence-corrected chi connectivity index (χ3v) is 6.09. The molecule has 7 nitrogen and oxygen atoms in total. The second kappa shape index (κ2) is 8.07. The summed E-state index contributed by atoms with van der Waals surface area (Å²) in [6, 6.07) is 24.6. The molecule has 0 N–H and O–H groups in total. The van der Waals surface area contributed by atoms with Gasteiger partial charge in [0.25, 0.3) is 5.56 Å². The summed E-state index contributed by atoms with van der Waals surface area (Å²) in [4.78, 5) is 18.0. The van der Waals surface area contributed by atoms with Gasteiger partial charge in [-0.1, -0.05) is 53.8 Å². The first-order valence-corrected chi connectivity index (χ1v) is 11.2. The van der Waals surface area contributed by atoms with Crippen molar-refractivity contribution in [1.82, 2.24) is 14.6 Å². The van der Waals surface area contributed by atoms with Gasteiger partial charge >= 0.3 is 0 Å². The van der Waals surface area contributed by atoms with Crippen LogP contribution in [0.4, 0.5) is 0 Å². The first-order chi connectivity index (χ1) is 16.2. The van der Waals surface area contributed by atoms with Crippen molar-refractivity contribution in [2.75, 3.05) is 6.61 Å². The van der Waals surface area contributed by atoms with E-state index >= 15 is 0 Å². The number of ether oxygens (including phenoxy) is 3. The maximum atomic E-state index is 12.9. The zero-order chi connectivity index (χ0) is 22.2. The lowest BCUT2D eigenvalue weighted by atomic mass is 10.2. The fraction of sp³-hybridized carbons (Fsp3) is 0.0800. The molecule has 3 heterocycles. The second-order valence-electron chi connectivity index (χ2n) is 7.43. The van der Waals surface area contributed by atoms with Crippen LogP contribution in [0, 0.1) is 0 Å². The Bertz CT molecular complexity index is 1560. The maximum absolute atomic E-state index is 12.9. The Labute approximate surface area is 192 Å². The summed E-state index contributed by atoms with van der Waals surface area (Å²) >= 11 is 1.28. The van der Waals surface area contributed by atoms with Crippen LogP contribution in [0.1, 0.15) is 17.5 Å². The summed E-state index contributed by atoms with van der Waals surface area (Å²) in [5.41, 5.74) is 0.631. The highest BCUT2D eigenvalue weighted by atomic mass is 32.1. The molecule has 0 saturated carbocycles. The van der Waals surface area contributed by atoms with Gasteiger partial charge in [-0.15, -0.1) is 5.10 Å². The second-order valence-corrected chi connectivity index (χ2v) is 8.44. The number of thiazole rings is 1. The number of hydrogen-bond donors (Lipinski definition) is 0. The van der Waals surface area contributed by atoms with E-state index in [0.717, 1.165) is 11.3 Å². The van der Waals surface area contributed by atoms with Crippen LogP contribution >= 0.6 is 11.3 Å². The Hall–Kier alpha value is -4.17. The SMILES string of the molecule is O=c1c(=Cc2cccc(Oc3ccccc3)c2)sc2nc(C3COc4ccccc4O3)nn12. The standard InChI is InChI=1S/C25H17N3O4S/c29-24-22(14-16-7-6-10-18(13-16)31-17-8-2-1-3-9-17)33-25-26-23(27-28(24)25)21-15-30-19-11-4-5-12-20(19)32-21/h1-14,21H,15H2. The summed E-state index contributed by atoms with van der Waals surface area (Å²) in [6.07, 6.45) is 1.35. The lowest BCUT2D eigenvalue weighted by Gasteiger charge is -2.24. The number of benzene rings is 3. The quantitative estimate of drug-likeness (QED) is 0.408. The molecule has 1 aliphatic rings. The lowest BCUT2D eigenvalue weighted by molar-refractivity contribution is 0.0852. The molecular weight excluding hydrogens is 438 g/mol. The molecule has 3 aromatic carbocycles. The van der Waals surface area contributed by atoms with Crippen LogP contribution in [-0.2, 0) is 0 Å². The van der Waals surface area contributed by atoms with Gasteiger partial charge in [0.05, 0.1) is 4.53 Å². The Balaban J connectivity index is 1.28. The van der Waals surface area contributed by atoms with Gasteiger partial charge in [0.15, 0.2) is 23.4 Å². The summed E-state index contributed by atoms with van der Waals surface area (Å²) in [7, 11) is 0. The Morgan fingerprint density at radius 1 is 0.970 bits per heavy atom. The molecule has 0 bridgehead atoms. The van der Waals surface area contributed by atoms with E-state index in [4.69, 9.17) is 14.2 Å². The van der Waals surface area contributed by atoms with Crippen LogP contribution in [0.25, 0.3) is 11.0 Å². The van der Waals surface area contributed by atoms with E-state index in [1.165, 1.54) is 15.9 Å². The molecule has 0 radical (unpaired) electrons. The average Bonchev–Trinajstić information content (AvgIpc) is 3.39. The van der Waals surface area contributed by atoms with Crippen molar-refractivity contribution in [3.8, 4) is 23.0 Å². The van der Waals surface area contributed by atoms with Gasteiger partial charge in [-0.3, -0.25) is 4.79 Å². The fourth-order valence-corrected chi connectivity index (χ4v) is 4.49. The molecule has 0 amide bonds. The molecule has 0 aliphatic carbocycles. The predicted octanol–water partition coefficient (Wildman–Crippen LogP) is 4.00. The van der Waals surface area contributed by atoms with Crippen LogP contribution in [0.5, 0.6) is 23.0 Å². The van der Waals surface area contributed by atoms with Gasteiger partial charge in [-0.2, -0.15) is 9.50 Å². The highest BCUT2D eigenvalue weighted by molar-refractivity contribution is 7.15. The Morgan fingerprint density at radius 3 is 2.61 bits per heavy atom. The molecular formula is C25H17N3O4S. The molecule has 1 unspecified atom stereocenters. The average molecular weight is 455 g/mol. The van der Waals surface area contributed by atoms with Crippen molar-refractivity contribution in [2.45, 2.75) is 6.10 Å². The van der Waals surface area contributed by atoms with Crippen LogP contribution < -0.4 is 24.3 Å². The van der Waals surface area contributed by atoms with E-state index in [0.29, 0.717) is 32.6 Å².